The van der Waals surface area contributed by atoms with Crippen LogP contribution in [0.1, 0.15) is 6.92 Å². The van der Waals surface area contributed by atoms with Crippen molar-refractivity contribution in [1.29, 1.82) is 0 Å². The molecule has 0 radical (unpaired) electrons. The molecule has 0 amide bonds. The molecule has 0 aromatic heterocycles. The van der Waals surface area contributed by atoms with Crippen LogP contribution in [0.5, 0.6) is 0 Å². The van der Waals surface area contributed by atoms with Crippen molar-refractivity contribution in [2.45, 2.75) is 17.1 Å². The molecule has 0 saturated carbocycles. The maximum absolute atomic E-state index is 12.5. The lowest BCUT2D eigenvalue weighted by atomic mass is 10.3. The second-order valence-corrected chi connectivity index (χ2v) is 8.57. The summed E-state index contributed by atoms with van der Waals surface area (Å²) >= 11 is 5.07. The van der Waals surface area contributed by atoms with Gasteiger partial charge < -0.3 is 5.73 Å². The summed E-state index contributed by atoms with van der Waals surface area (Å²) in [7, 11) is -3.40. The fraction of sp³-hybridized carbons (Fsp3) is 0.455. The Kier molecular flexibility index (Phi) is 4.25. The van der Waals surface area contributed by atoms with Crippen molar-refractivity contribution < 1.29 is 8.42 Å². The van der Waals surface area contributed by atoms with Crippen LogP contribution in [-0.2, 0) is 10.0 Å². The van der Waals surface area contributed by atoms with Gasteiger partial charge in [0, 0.05) is 34.3 Å². The van der Waals surface area contributed by atoms with Crippen molar-refractivity contribution in [2.75, 3.05) is 24.6 Å². The van der Waals surface area contributed by atoms with Crippen LogP contribution in [0.2, 0.25) is 0 Å². The summed E-state index contributed by atoms with van der Waals surface area (Å²) in [6.07, 6.45) is 0. The van der Waals surface area contributed by atoms with Gasteiger partial charge in [-0.1, -0.05) is 6.92 Å². The molecule has 0 spiro atoms. The Labute approximate surface area is 120 Å². The summed E-state index contributed by atoms with van der Waals surface area (Å²) in [4.78, 5) is 0.294. The van der Waals surface area contributed by atoms with Gasteiger partial charge in [-0.3, -0.25) is 0 Å². The summed E-state index contributed by atoms with van der Waals surface area (Å²) in [5.74, 6) is 0.844. The number of thioether (sulfide) groups is 1. The number of nitrogen functional groups attached to an aromatic ring is 1. The van der Waals surface area contributed by atoms with Gasteiger partial charge in [0.15, 0.2) is 0 Å². The maximum atomic E-state index is 12.5. The Balaban J connectivity index is 2.32. The normalized spacial score (nSPS) is 22.0. The maximum Gasteiger partial charge on any atom is 0.243 e. The van der Waals surface area contributed by atoms with Crippen LogP contribution >= 0.6 is 27.7 Å². The third kappa shape index (κ3) is 2.84. The van der Waals surface area contributed by atoms with Gasteiger partial charge in [0.05, 0.1) is 4.90 Å². The Bertz CT molecular complexity index is 548. The molecule has 1 unspecified atom stereocenters. The largest absolute Gasteiger partial charge is 0.398 e. The summed E-state index contributed by atoms with van der Waals surface area (Å²) in [6, 6.07) is 4.73. The Morgan fingerprint density at radius 1 is 1.50 bits per heavy atom. The molecule has 1 saturated heterocycles. The lowest BCUT2D eigenvalue weighted by molar-refractivity contribution is 0.424. The standard InChI is InChI=1S/C11H15BrN2O2S2/c1-8-7-14(4-5-17-8)18(15,16)9-2-3-11(13)10(12)6-9/h2-3,6,8H,4-5,7,13H2,1H3. The quantitative estimate of drug-likeness (QED) is 0.830. The van der Waals surface area contributed by atoms with Crippen molar-refractivity contribution in [1.82, 2.24) is 4.31 Å². The molecule has 7 heteroatoms. The van der Waals surface area contributed by atoms with Crippen molar-refractivity contribution in [3.05, 3.63) is 22.7 Å². The highest BCUT2D eigenvalue weighted by Crippen LogP contribution is 2.28. The Hall–Kier alpha value is -0.240. The first-order valence-electron chi connectivity index (χ1n) is 5.58. The van der Waals surface area contributed by atoms with Gasteiger partial charge in [-0.25, -0.2) is 8.42 Å². The van der Waals surface area contributed by atoms with Gasteiger partial charge in [0.2, 0.25) is 10.0 Å². The van der Waals surface area contributed by atoms with Crippen molar-refractivity contribution in [3.8, 4) is 0 Å². The average Bonchev–Trinajstić information content (AvgIpc) is 2.32. The second-order valence-electron chi connectivity index (χ2n) is 4.23. The topological polar surface area (TPSA) is 63.4 Å². The Morgan fingerprint density at radius 3 is 2.83 bits per heavy atom. The number of anilines is 1. The molecule has 2 N–H and O–H groups in total. The highest BCUT2D eigenvalue weighted by atomic mass is 79.9. The van der Waals surface area contributed by atoms with E-state index < -0.39 is 10.0 Å². The lowest BCUT2D eigenvalue weighted by Crippen LogP contribution is -2.40. The number of nitrogens with zero attached hydrogens (tertiary/aromatic N) is 1. The molecule has 1 aliphatic heterocycles. The van der Waals surface area contributed by atoms with Crippen molar-refractivity contribution >= 4 is 43.4 Å². The van der Waals surface area contributed by atoms with Crippen LogP contribution < -0.4 is 5.73 Å². The van der Waals surface area contributed by atoms with Crippen LogP contribution in [0.3, 0.4) is 0 Å². The van der Waals surface area contributed by atoms with E-state index in [1.807, 2.05) is 6.92 Å². The monoisotopic (exact) mass is 350 g/mol. The zero-order chi connectivity index (χ0) is 13.3. The van der Waals surface area contributed by atoms with E-state index in [4.69, 9.17) is 5.73 Å². The molecule has 0 aliphatic carbocycles. The molecule has 2 rings (SSSR count). The van der Waals surface area contributed by atoms with Crippen LogP contribution in [0.15, 0.2) is 27.6 Å². The number of benzene rings is 1. The highest BCUT2D eigenvalue weighted by molar-refractivity contribution is 9.10. The third-order valence-electron chi connectivity index (χ3n) is 2.81. The predicted octanol–water partition coefficient (Wildman–Crippen LogP) is 2.16. The minimum Gasteiger partial charge on any atom is -0.398 e. The number of hydrogen-bond acceptors (Lipinski definition) is 4. The smallest absolute Gasteiger partial charge is 0.243 e. The van der Waals surface area contributed by atoms with Gasteiger partial charge in [-0.2, -0.15) is 16.1 Å². The summed E-state index contributed by atoms with van der Waals surface area (Å²) in [5, 5.41) is 0.339. The van der Waals surface area contributed by atoms with Gasteiger partial charge in [-0.15, -0.1) is 0 Å². The van der Waals surface area contributed by atoms with E-state index in [0.717, 1.165) is 5.75 Å². The van der Waals surface area contributed by atoms with Gasteiger partial charge in [-0.05, 0) is 34.1 Å². The van der Waals surface area contributed by atoms with Crippen LogP contribution in [0.25, 0.3) is 0 Å². The van der Waals surface area contributed by atoms with Crippen LogP contribution in [0.4, 0.5) is 5.69 Å². The molecular formula is C11H15BrN2O2S2. The van der Waals surface area contributed by atoms with Gasteiger partial charge in [0.25, 0.3) is 0 Å². The number of rotatable bonds is 2. The molecule has 4 nitrogen and oxygen atoms in total. The fourth-order valence-corrected chi connectivity index (χ4v) is 5.13. The molecule has 0 bridgehead atoms. The number of hydrogen-bond donors (Lipinski definition) is 1. The Morgan fingerprint density at radius 2 is 2.22 bits per heavy atom. The lowest BCUT2D eigenvalue weighted by Gasteiger charge is -2.29. The SMILES string of the molecule is CC1CN(S(=O)(=O)c2ccc(N)c(Br)c2)CCS1. The predicted molar refractivity (Wildman–Crippen MR) is 79.2 cm³/mol. The third-order valence-corrected chi connectivity index (χ3v) is 6.50. The first-order valence-corrected chi connectivity index (χ1v) is 8.86. The minimum absolute atomic E-state index is 0.294. The molecule has 1 aromatic rings. The molecule has 1 fully saturated rings. The number of halogens is 1. The molecular weight excluding hydrogens is 336 g/mol. The van der Waals surface area contributed by atoms with E-state index in [1.54, 1.807) is 34.3 Å². The fourth-order valence-electron chi connectivity index (χ4n) is 1.82. The second kappa shape index (κ2) is 5.40. The van der Waals surface area contributed by atoms with Crippen molar-refractivity contribution in [2.24, 2.45) is 0 Å². The molecule has 1 heterocycles. The first-order chi connectivity index (χ1) is 8.41. The molecule has 1 aliphatic rings. The van der Waals surface area contributed by atoms with E-state index in [9.17, 15) is 8.42 Å². The molecule has 1 atom stereocenters. The van der Waals surface area contributed by atoms with Crippen molar-refractivity contribution in [3.63, 3.8) is 0 Å². The molecule has 18 heavy (non-hydrogen) atoms. The summed E-state index contributed by atoms with van der Waals surface area (Å²) < 4.78 is 27.1. The number of nitrogens with two attached hydrogens (primary N) is 1. The first kappa shape index (κ1) is 14.2. The van der Waals surface area contributed by atoms with E-state index in [2.05, 4.69) is 15.9 Å². The van der Waals surface area contributed by atoms with Crippen LogP contribution in [-0.4, -0.2) is 36.8 Å². The average molecular weight is 351 g/mol. The van der Waals surface area contributed by atoms with E-state index >= 15 is 0 Å². The zero-order valence-corrected chi connectivity index (χ0v) is 13.2. The van der Waals surface area contributed by atoms with Gasteiger partial charge in [0.1, 0.15) is 0 Å². The highest BCUT2D eigenvalue weighted by Gasteiger charge is 2.29. The van der Waals surface area contributed by atoms with Crippen LogP contribution in [0, 0.1) is 0 Å². The molecule has 1 aromatic carbocycles. The molecule has 100 valence electrons. The number of sulfonamides is 1. The summed E-state index contributed by atoms with van der Waals surface area (Å²) in [5.41, 5.74) is 6.21. The van der Waals surface area contributed by atoms with Gasteiger partial charge >= 0.3 is 0 Å². The van der Waals surface area contributed by atoms with E-state index in [0.29, 0.717) is 33.4 Å². The zero-order valence-electron chi connectivity index (χ0n) is 9.97. The van der Waals surface area contributed by atoms with E-state index in [1.165, 1.54) is 0 Å². The van der Waals surface area contributed by atoms with E-state index in [-0.39, 0.29) is 0 Å². The minimum atomic E-state index is -3.40. The summed E-state index contributed by atoms with van der Waals surface area (Å²) in [6.45, 7) is 3.18.